The van der Waals surface area contributed by atoms with Gasteiger partial charge in [-0.2, -0.15) is 0 Å². The smallest absolute Gasteiger partial charge is 0.151 e. The van der Waals surface area contributed by atoms with E-state index in [1.165, 1.54) is 0 Å². The summed E-state index contributed by atoms with van der Waals surface area (Å²) in [6, 6.07) is 0. The summed E-state index contributed by atoms with van der Waals surface area (Å²) >= 11 is 0. The first kappa shape index (κ1) is 5.76. The molecule has 0 amide bonds. The number of ether oxygens (including phenoxy) is 1. The summed E-state index contributed by atoms with van der Waals surface area (Å²) in [5, 5.41) is 0. The highest BCUT2D eigenvalue weighted by molar-refractivity contribution is 5.60. The summed E-state index contributed by atoms with van der Waals surface area (Å²) < 4.78 is 4.94. The fourth-order valence-corrected chi connectivity index (χ4v) is 0.793. The van der Waals surface area contributed by atoms with Crippen molar-refractivity contribution in [1.82, 2.24) is 0 Å². The molecule has 0 spiro atoms. The fraction of sp³-hybridized carbons (Fsp3) is 0.833. The Morgan fingerprint density at radius 1 is 1.75 bits per heavy atom. The molecule has 0 aliphatic carbocycles. The molecule has 0 aromatic carbocycles. The minimum atomic E-state index is -0.0602. The van der Waals surface area contributed by atoms with Crippen LogP contribution in [0.5, 0.6) is 0 Å². The van der Waals surface area contributed by atoms with Crippen LogP contribution in [0, 0.1) is 0 Å². The van der Waals surface area contributed by atoms with E-state index in [0.29, 0.717) is 0 Å². The van der Waals surface area contributed by atoms with Crippen LogP contribution in [0.3, 0.4) is 0 Å². The molecule has 0 aromatic rings. The van der Waals surface area contributed by atoms with Crippen LogP contribution in [0.2, 0.25) is 0 Å². The van der Waals surface area contributed by atoms with Crippen molar-refractivity contribution in [3.8, 4) is 0 Å². The molecule has 0 aromatic heterocycles. The lowest BCUT2D eigenvalue weighted by atomic mass is 10.2. The van der Waals surface area contributed by atoms with E-state index in [9.17, 15) is 4.79 Å². The van der Waals surface area contributed by atoms with Crippen molar-refractivity contribution in [2.24, 2.45) is 0 Å². The molecule has 8 heavy (non-hydrogen) atoms. The van der Waals surface area contributed by atoms with E-state index in [0.717, 1.165) is 19.1 Å². The van der Waals surface area contributed by atoms with Gasteiger partial charge in [-0.1, -0.05) is 13.3 Å². The van der Waals surface area contributed by atoms with Crippen molar-refractivity contribution in [3.05, 3.63) is 0 Å². The molecule has 0 radical (unpaired) electrons. The topological polar surface area (TPSA) is 29.6 Å². The lowest BCUT2D eigenvalue weighted by Crippen LogP contribution is -1.92. The summed E-state index contributed by atoms with van der Waals surface area (Å²) in [5.41, 5.74) is 0. The Bertz CT molecular complexity index is 90.5. The predicted molar refractivity (Wildman–Crippen MR) is 29.6 cm³/mol. The highest BCUT2D eigenvalue weighted by atomic mass is 16.6. The maximum absolute atomic E-state index is 9.93. The first-order chi connectivity index (χ1) is 3.88. The summed E-state index contributed by atoms with van der Waals surface area (Å²) in [6.07, 6.45) is 3.21. The molecule has 2 atom stereocenters. The Morgan fingerprint density at radius 3 is 2.88 bits per heavy atom. The number of aldehydes is 1. The lowest BCUT2D eigenvalue weighted by molar-refractivity contribution is -0.108. The number of rotatable bonds is 3. The molecule has 1 aliphatic rings. The van der Waals surface area contributed by atoms with Gasteiger partial charge < -0.3 is 9.53 Å². The number of hydrogen-bond donors (Lipinski definition) is 0. The van der Waals surface area contributed by atoms with Crippen molar-refractivity contribution >= 4 is 6.29 Å². The van der Waals surface area contributed by atoms with Crippen molar-refractivity contribution in [1.29, 1.82) is 0 Å². The zero-order chi connectivity index (χ0) is 5.98. The SMILES string of the molecule is CCCC1O[C@H]1C=O. The standard InChI is InChI=1S/C6H10O2/c1-2-3-5-6(4-7)8-5/h4-6H,2-3H2,1H3/t5?,6-/m0/s1. The highest BCUT2D eigenvalue weighted by Gasteiger charge is 2.36. The molecule has 1 saturated heterocycles. The van der Waals surface area contributed by atoms with Crippen LogP contribution < -0.4 is 0 Å². The first-order valence-corrected chi connectivity index (χ1v) is 2.99. The van der Waals surface area contributed by atoms with Gasteiger partial charge in [0.2, 0.25) is 0 Å². The fourth-order valence-electron chi connectivity index (χ4n) is 0.793. The third kappa shape index (κ3) is 1.07. The van der Waals surface area contributed by atoms with Gasteiger partial charge in [-0.3, -0.25) is 0 Å². The van der Waals surface area contributed by atoms with E-state index < -0.39 is 0 Å². The molecule has 1 rings (SSSR count). The minimum absolute atomic E-state index is 0.0602. The number of epoxide rings is 1. The summed E-state index contributed by atoms with van der Waals surface area (Å²) in [7, 11) is 0. The van der Waals surface area contributed by atoms with Crippen LogP contribution in [-0.2, 0) is 9.53 Å². The highest BCUT2D eigenvalue weighted by Crippen LogP contribution is 2.23. The van der Waals surface area contributed by atoms with Gasteiger partial charge in [0.15, 0.2) is 6.29 Å². The van der Waals surface area contributed by atoms with E-state index in [1.807, 2.05) is 0 Å². The first-order valence-electron chi connectivity index (χ1n) is 2.99. The molecule has 0 bridgehead atoms. The Hall–Kier alpha value is -0.370. The third-order valence-corrected chi connectivity index (χ3v) is 1.33. The van der Waals surface area contributed by atoms with Crippen molar-refractivity contribution < 1.29 is 9.53 Å². The third-order valence-electron chi connectivity index (χ3n) is 1.33. The second-order valence-electron chi connectivity index (χ2n) is 2.06. The predicted octanol–water partition coefficient (Wildman–Crippen LogP) is 0.753. The zero-order valence-corrected chi connectivity index (χ0v) is 4.96. The van der Waals surface area contributed by atoms with Crippen LogP contribution in [0.1, 0.15) is 19.8 Å². The molecule has 1 unspecified atom stereocenters. The van der Waals surface area contributed by atoms with Gasteiger partial charge in [-0.25, -0.2) is 0 Å². The van der Waals surface area contributed by atoms with E-state index in [2.05, 4.69) is 6.92 Å². The Balaban J connectivity index is 2.07. The minimum Gasteiger partial charge on any atom is -0.362 e. The molecule has 0 saturated carbocycles. The molecule has 0 N–H and O–H groups in total. The average molecular weight is 114 g/mol. The van der Waals surface area contributed by atoms with Gasteiger partial charge in [0, 0.05) is 0 Å². The molecule has 1 aliphatic heterocycles. The van der Waals surface area contributed by atoms with Gasteiger partial charge >= 0.3 is 0 Å². The Kier molecular flexibility index (Phi) is 1.63. The van der Waals surface area contributed by atoms with E-state index in [4.69, 9.17) is 4.74 Å². The summed E-state index contributed by atoms with van der Waals surface area (Å²) in [6.45, 7) is 2.09. The normalized spacial score (nSPS) is 34.6. The monoisotopic (exact) mass is 114 g/mol. The van der Waals surface area contributed by atoms with Crippen LogP contribution in [0.4, 0.5) is 0 Å². The van der Waals surface area contributed by atoms with Gasteiger partial charge in [-0.05, 0) is 6.42 Å². The van der Waals surface area contributed by atoms with Crippen LogP contribution in [0.15, 0.2) is 0 Å². The molecule has 2 nitrogen and oxygen atoms in total. The molecular weight excluding hydrogens is 104 g/mol. The van der Waals surface area contributed by atoms with Gasteiger partial charge in [0.25, 0.3) is 0 Å². The maximum Gasteiger partial charge on any atom is 0.151 e. The van der Waals surface area contributed by atoms with Crippen LogP contribution in [0.25, 0.3) is 0 Å². The number of hydrogen-bond acceptors (Lipinski definition) is 2. The maximum atomic E-state index is 9.93. The lowest BCUT2D eigenvalue weighted by Gasteiger charge is -1.81. The van der Waals surface area contributed by atoms with Gasteiger partial charge in [0.1, 0.15) is 6.10 Å². The van der Waals surface area contributed by atoms with Crippen LogP contribution in [-0.4, -0.2) is 18.5 Å². The quantitative estimate of drug-likeness (QED) is 0.400. The number of carbonyl (C=O) groups is 1. The molecule has 46 valence electrons. The molecule has 2 heteroatoms. The van der Waals surface area contributed by atoms with Crippen LogP contribution >= 0.6 is 0 Å². The second kappa shape index (κ2) is 2.27. The second-order valence-corrected chi connectivity index (χ2v) is 2.06. The Labute approximate surface area is 48.8 Å². The van der Waals surface area contributed by atoms with E-state index >= 15 is 0 Å². The van der Waals surface area contributed by atoms with E-state index in [1.54, 1.807) is 0 Å². The van der Waals surface area contributed by atoms with Gasteiger partial charge in [-0.15, -0.1) is 0 Å². The van der Waals surface area contributed by atoms with Crippen molar-refractivity contribution in [2.45, 2.75) is 32.0 Å². The molecule has 1 heterocycles. The van der Waals surface area contributed by atoms with Crippen molar-refractivity contribution in [2.75, 3.05) is 0 Å². The summed E-state index contributed by atoms with van der Waals surface area (Å²) in [5.74, 6) is 0. The van der Waals surface area contributed by atoms with Gasteiger partial charge in [0.05, 0.1) is 6.10 Å². The Morgan fingerprint density at radius 2 is 2.50 bits per heavy atom. The number of carbonyl (C=O) groups excluding carboxylic acids is 1. The molecular formula is C6H10O2. The van der Waals surface area contributed by atoms with E-state index in [-0.39, 0.29) is 12.2 Å². The average Bonchev–Trinajstić information content (AvgIpc) is 2.48. The summed E-state index contributed by atoms with van der Waals surface area (Å²) in [4.78, 5) is 9.93. The largest absolute Gasteiger partial charge is 0.362 e. The zero-order valence-electron chi connectivity index (χ0n) is 4.96. The molecule has 1 fully saturated rings. The van der Waals surface area contributed by atoms with Crippen molar-refractivity contribution in [3.63, 3.8) is 0 Å².